The Balaban J connectivity index is 1.56. The molecule has 0 aliphatic carbocycles. The molecular formula is C18H24N2O4. The van der Waals surface area contributed by atoms with E-state index >= 15 is 0 Å². The number of piperidine rings is 1. The molecule has 2 heterocycles. The van der Waals surface area contributed by atoms with Crippen molar-refractivity contribution in [1.82, 2.24) is 10.6 Å². The molecule has 130 valence electrons. The van der Waals surface area contributed by atoms with Crippen LogP contribution in [0, 0.1) is 5.92 Å². The minimum absolute atomic E-state index is 0.0751. The number of carbonyl (C=O) groups is 2. The summed E-state index contributed by atoms with van der Waals surface area (Å²) in [7, 11) is 1.35. The summed E-state index contributed by atoms with van der Waals surface area (Å²) in [5.41, 5.74) is 0.666. The summed E-state index contributed by atoms with van der Waals surface area (Å²) < 4.78 is 10.7. The highest BCUT2D eigenvalue weighted by Crippen LogP contribution is 2.37. The molecule has 6 nitrogen and oxygen atoms in total. The van der Waals surface area contributed by atoms with Gasteiger partial charge in [-0.3, -0.25) is 4.79 Å². The number of amides is 1. The zero-order valence-electron chi connectivity index (χ0n) is 14.1. The van der Waals surface area contributed by atoms with Gasteiger partial charge in [-0.15, -0.1) is 0 Å². The van der Waals surface area contributed by atoms with E-state index in [1.807, 2.05) is 19.1 Å². The van der Waals surface area contributed by atoms with E-state index in [0.717, 1.165) is 31.5 Å². The van der Waals surface area contributed by atoms with Crippen molar-refractivity contribution in [1.29, 1.82) is 0 Å². The monoisotopic (exact) mass is 332 g/mol. The number of fused-ring (bicyclic) bond motifs is 1. The number of hydrogen-bond acceptors (Lipinski definition) is 5. The lowest BCUT2D eigenvalue weighted by Gasteiger charge is -2.25. The predicted molar refractivity (Wildman–Crippen MR) is 88.5 cm³/mol. The average molecular weight is 332 g/mol. The van der Waals surface area contributed by atoms with Crippen LogP contribution in [0.3, 0.4) is 0 Å². The molecule has 24 heavy (non-hydrogen) atoms. The molecule has 3 rings (SSSR count). The standard InChI is InChI=1S/C18H24N2O4/c1-18(9-14-11-19-8-7-15(14)24-18)17(22)20-10-12-3-5-13(6-4-12)16(21)23-2/h3-6,14-15,19H,7-11H2,1-2H3,(H,20,22)/t14-,15+,18+/m1/s1. The molecule has 2 aliphatic heterocycles. The molecule has 1 amide bonds. The van der Waals surface area contributed by atoms with E-state index in [9.17, 15) is 9.59 Å². The average Bonchev–Trinajstić information content (AvgIpc) is 2.96. The molecule has 1 aromatic rings. The summed E-state index contributed by atoms with van der Waals surface area (Å²) in [6, 6.07) is 7.02. The number of nitrogens with one attached hydrogen (secondary N) is 2. The molecule has 6 heteroatoms. The topological polar surface area (TPSA) is 76.7 Å². The first-order chi connectivity index (χ1) is 11.5. The van der Waals surface area contributed by atoms with Gasteiger partial charge >= 0.3 is 5.97 Å². The van der Waals surface area contributed by atoms with Gasteiger partial charge in [0, 0.05) is 19.0 Å². The Morgan fingerprint density at radius 1 is 1.38 bits per heavy atom. The fourth-order valence-electron chi connectivity index (χ4n) is 3.53. The summed E-state index contributed by atoms with van der Waals surface area (Å²) in [4.78, 5) is 24.0. The zero-order chi connectivity index (χ0) is 17.2. The van der Waals surface area contributed by atoms with Crippen LogP contribution in [0.15, 0.2) is 24.3 Å². The van der Waals surface area contributed by atoms with Crippen LogP contribution in [0.1, 0.15) is 35.7 Å². The molecule has 0 radical (unpaired) electrons. The van der Waals surface area contributed by atoms with Gasteiger partial charge in [0.15, 0.2) is 0 Å². The van der Waals surface area contributed by atoms with Crippen molar-refractivity contribution in [2.45, 2.75) is 38.0 Å². The summed E-state index contributed by atoms with van der Waals surface area (Å²) in [6.07, 6.45) is 1.89. The highest BCUT2D eigenvalue weighted by atomic mass is 16.5. The molecular weight excluding hydrogens is 308 g/mol. The number of carbonyl (C=O) groups excluding carboxylic acids is 2. The van der Waals surface area contributed by atoms with E-state index in [1.54, 1.807) is 12.1 Å². The SMILES string of the molecule is COC(=O)c1ccc(CNC(=O)[C@]2(C)C[C@@H]3CNCC[C@@H]3O2)cc1. The van der Waals surface area contributed by atoms with Crippen molar-refractivity contribution in [2.75, 3.05) is 20.2 Å². The van der Waals surface area contributed by atoms with Crippen LogP contribution in [0.5, 0.6) is 0 Å². The van der Waals surface area contributed by atoms with Gasteiger partial charge in [0.2, 0.25) is 0 Å². The number of methoxy groups -OCH3 is 1. The van der Waals surface area contributed by atoms with Crippen LogP contribution < -0.4 is 10.6 Å². The molecule has 0 aromatic heterocycles. The lowest BCUT2D eigenvalue weighted by atomic mass is 9.89. The van der Waals surface area contributed by atoms with Crippen LogP contribution in [0.4, 0.5) is 0 Å². The summed E-state index contributed by atoms with van der Waals surface area (Å²) in [6.45, 7) is 4.15. The fraction of sp³-hybridized carbons (Fsp3) is 0.556. The third-order valence-corrected chi connectivity index (χ3v) is 4.91. The van der Waals surface area contributed by atoms with E-state index < -0.39 is 5.60 Å². The maximum absolute atomic E-state index is 12.6. The smallest absolute Gasteiger partial charge is 0.337 e. The largest absolute Gasteiger partial charge is 0.465 e. The van der Waals surface area contributed by atoms with E-state index in [2.05, 4.69) is 15.4 Å². The summed E-state index contributed by atoms with van der Waals surface area (Å²) in [5, 5.41) is 6.31. The molecule has 2 fully saturated rings. The molecule has 3 atom stereocenters. The molecule has 0 spiro atoms. The molecule has 1 aromatic carbocycles. The lowest BCUT2D eigenvalue weighted by molar-refractivity contribution is -0.144. The van der Waals surface area contributed by atoms with Crippen molar-refractivity contribution in [2.24, 2.45) is 5.92 Å². The molecule has 0 bridgehead atoms. The van der Waals surface area contributed by atoms with Crippen molar-refractivity contribution < 1.29 is 19.1 Å². The van der Waals surface area contributed by atoms with Gasteiger partial charge in [-0.2, -0.15) is 0 Å². The predicted octanol–water partition coefficient (Wildman–Crippen LogP) is 1.25. The third kappa shape index (κ3) is 3.44. The lowest BCUT2D eigenvalue weighted by Crippen LogP contribution is -2.44. The number of hydrogen-bond donors (Lipinski definition) is 2. The zero-order valence-corrected chi connectivity index (χ0v) is 14.1. The van der Waals surface area contributed by atoms with Crippen LogP contribution >= 0.6 is 0 Å². The van der Waals surface area contributed by atoms with E-state index in [4.69, 9.17) is 4.74 Å². The van der Waals surface area contributed by atoms with Gasteiger partial charge in [-0.1, -0.05) is 12.1 Å². The van der Waals surface area contributed by atoms with Gasteiger partial charge in [0.05, 0.1) is 18.8 Å². The molecule has 2 N–H and O–H groups in total. The van der Waals surface area contributed by atoms with Crippen LogP contribution in [-0.2, 0) is 20.8 Å². The van der Waals surface area contributed by atoms with Crippen LogP contribution in [-0.4, -0.2) is 43.8 Å². The fourth-order valence-corrected chi connectivity index (χ4v) is 3.53. The number of ether oxygens (including phenoxy) is 2. The third-order valence-electron chi connectivity index (χ3n) is 4.91. The number of esters is 1. The van der Waals surface area contributed by atoms with Crippen molar-refractivity contribution in [3.63, 3.8) is 0 Å². The van der Waals surface area contributed by atoms with E-state index in [1.165, 1.54) is 7.11 Å². The Kier molecular flexibility index (Phi) is 4.87. The molecule has 0 saturated carbocycles. The second-order valence-corrected chi connectivity index (χ2v) is 6.72. The number of rotatable bonds is 4. The van der Waals surface area contributed by atoms with Crippen molar-refractivity contribution in [3.8, 4) is 0 Å². The Morgan fingerprint density at radius 2 is 2.12 bits per heavy atom. The highest BCUT2D eigenvalue weighted by molar-refractivity contribution is 5.89. The quantitative estimate of drug-likeness (QED) is 0.812. The maximum atomic E-state index is 12.6. The first kappa shape index (κ1) is 16.9. The first-order valence-electron chi connectivity index (χ1n) is 8.36. The van der Waals surface area contributed by atoms with E-state index in [0.29, 0.717) is 18.0 Å². The molecule has 2 aliphatic rings. The second kappa shape index (κ2) is 6.91. The molecule has 2 saturated heterocycles. The highest BCUT2D eigenvalue weighted by Gasteiger charge is 2.48. The Bertz CT molecular complexity index is 600. The van der Waals surface area contributed by atoms with Gasteiger partial charge < -0.3 is 20.1 Å². The Morgan fingerprint density at radius 3 is 2.79 bits per heavy atom. The van der Waals surface area contributed by atoms with Gasteiger partial charge in [0.25, 0.3) is 5.91 Å². The summed E-state index contributed by atoms with van der Waals surface area (Å²) in [5.74, 6) is -0.0311. The first-order valence-corrected chi connectivity index (χ1v) is 8.36. The van der Waals surface area contributed by atoms with Gasteiger partial charge in [-0.25, -0.2) is 4.79 Å². The van der Waals surface area contributed by atoms with E-state index in [-0.39, 0.29) is 18.0 Å². The van der Waals surface area contributed by atoms with Crippen LogP contribution in [0.25, 0.3) is 0 Å². The van der Waals surface area contributed by atoms with Gasteiger partial charge in [-0.05, 0) is 44.0 Å². The Hall–Kier alpha value is -1.92. The minimum Gasteiger partial charge on any atom is -0.465 e. The minimum atomic E-state index is -0.757. The Labute approximate surface area is 141 Å². The van der Waals surface area contributed by atoms with Crippen molar-refractivity contribution in [3.05, 3.63) is 35.4 Å². The maximum Gasteiger partial charge on any atom is 0.337 e. The van der Waals surface area contributed by atoms with Crippen molar-refractivity contribution >= 4 is 11.9 Å². The second-order valence-electron chi connectivity index (χ2n) is 6.72. The van der Waals surface area contributed by atoms with Crippen LogP contribution in [0.2, 0.25) is 0 Å². The van der Waals surface area contributed by atoms with Gasteiger partial charge in [0.1, 0.15) is 5.60 Å². The summed E-state index contributed by atoms with van der Waals surface area (Å²) >= 11 is 0. The normalized spacial score (nSPS) is 28.9. The number of benzene rings is 1. The molecule has 0 unspecified atom stereocenters.